The molecular formula is C14H27NO2S. The molecule has 4 unspecified atom stereocenters. The summed E-state index contributed by atoms with van der Waals surface area (Å²) in [6, 6.07) is 0.181. The highest BCUT2D eigenvalue weighted by Crippen LogP contribution is 2.34. The molecule has 18 heavy (non-hydrogen) atoms. The topological polar surface area (TPSA) is 46.2 Å². The van der Waals surface area contributed by atoms with Crippen LogP contribution in [-0.2, 0) is 9.84 Å². The maximum atomic E-state index is 12.8. The zero-order valence-corrected chi connectivity index (χ0v) is 12.5. The minimum absolute atomic E-state index is 0.0693. The van der Waals surface area contributed by atoms with Gasteiger partial charge in [-0.25, -0.2) is 8.42 Å². The maximum Gasteiger partial charge on any atom is 0.157 e. The first-order valence-corrected chi connectivity index (χ1v) is 9.06. The molecule has 2 aliphatic rings. The minimum atomic E-state index is -2.94. The summed E-state index contributed by atoms with van der Waals surface area (Å²) in [4.78, 5) is 0. The van der Waals surface area contributed by atoms with Gasteiger partial charge in [-0.15, -0.1) is 0 Å². The average molecular weight is 273 g/mol. The molecule has 4 heteroatoms. The van der Waals surface area contributed by atoms with E-state index in [2.05, 4.69) is 12.2 Å². The highest BCUT2D eigenvalue weighted by molar-refractivity contribution is 7.92. The highest BCUT2D eigenvalue weighted by atomic mass is 32.2. The molecule has 0 spiro atoms. The summed E-state index contributed by atoms with van der Waals surface area (Å²) in [7, 11) is -1.04. The van der Waals surface area contributed by atoms with Crippen LogP contribution in [-0.4, -0.2) is 32.0 Å². The van der Waals surface area contributed by atoms with Gasteiger partial charge in [0.2, 0.25) is 0 Å². The quantitative estimate of drug-likeness (QED) is 0.859. The summed E-state index contributed by atoms with van der Waals surface area (Å²) >= 11 is 0. The normalized spacial score (nSPS) is 38.6. The third-order valence-corrected chi connectivity index (χ3v) is 7.61. The van der Waals surface area contributed by atoms with Gasteiger partial charge in [-0.1, -0.05) is 32.6 Å². The van der Waals surface area contributed by atoms with Crippen LogP contribution >= 0.6 is 0 Å². The number of nitrogens with one attached hydrogen (secondary N) is 1. The fraction of sp³-hybridized carbons (Fsp3) is 1.00. The Morgan fingerprint density at radius 1 is 1.00 bits per heavy atom. The number of hydrogen-bond acceptors (Lipinski definition) is 3. The zero-order chi connectivity index (χ0) is 13.2. The largest absolute Gasteiger partial charge is 0.316 e. The van der Waals surface area contributed by atoms with E-state index >= 15 is 0 Å². The van der Waals surface area contributed by atoms with Crippen LogP contribution in [0.4, 0.5) is 0 Å². The summed E-state index contributed by atoms with van der Waals surface area (Å²) in [5.74, 6) is 0.579. The van der Waals surface area contributed by atoms with Gasteiger partial charge >= 0.3 is 0 Å². The van der Waals surface area contributed by atoms with E-state index in [0.29, 0.717) is 5.92 Å². The molecule has 0 aromatic rings. The standard InChI is InChI=1S/C14H27NO2S/c1-11-6-5-7-12(10-11)18(16,17)14-9-4-3-8-13(14)15-2/h11-15H,3-10H2,1-2H3. The first-order valence-electron chi connectivity index (χ1n) is 7.45. The van der Waals surface area contributed by atoms with Gasteiger partial charge in [-0.05, 0) is 38.6 Å². The Bertz CT molecular complexity index is 366. The van der Waals surface area contributed by atoms with Crippen LogP contribution < -0.4 is 5.32 Å². The second kappa shape index (κ2) is 5.91. The van der Waals surface area contributed by atoms with Gasteiger partial charge in [0, 0.05) is 6.04 Å². The molecule has 0 bridgehead atoms. The van der Waals surface area contributed by atoms with Crippen molar-refractivity contribution in [3.63, 3.8) is 0 Å². The summed E-state index contributed by atoms with van der Waals surface area (Å²) in [5, 5.41) is 3.03. The first-order chi connectivity index (χ1) is 8.55. The van der Waals surface area contributed by atoms with Crippen LogP contribution in [0.3, 0.4) is 0 Å². The van der Waals surface area contributed by atoms with Crippen molar-refractivity contribution in [3.05, 3.63) is 0 Å². The van der Waals surface area contributed by atoms with Gasteiger partial charge in [-0.3, -0.25) is 0 Å². The molecule has 3 nitrogen and oxygen atoms in total. The molecule has 0 aliphatic heterocycles. The van der Waals surface area contributed by atoms with Crippen molar-refractivity contribution in [1.29, 1.82) is 0 Å². The third kappa shape index (κ3) is 2.90. The summed E-state index contributed by atoms with van der Waals surface area (Å²) < 4.78 is 25.6. The van der Waals surface area contributed by atoms with E-state index < -0.39 is 9.84 Å². The lowest BCUT2D eigenvalue weighted by Crippen LogP contribution is -2.48. The molecule has 2 saturated carbocycles. The predicted molar refractivity (Wildman–Crippen MR) is 75.4 cm³/mol. The second-order valence-electron chi connectivity index (χ2n) is 6.20. The summed E-state index contributed by atoms with van der Waals surface area (Å²) in [5.41, 5.74) is 0. The Morgan fingerprint density at radius 3 is 2.39 bits per heavy atom. The molecular weight excluding hydrogens is 246 g/mol. The molecule has 0 amide bonds. The lowest BCUT2D eigenvalue weighted by Gasteiger charge is -2.36. The van der Waals surface area contributed by atoms with Crippen molar-refractivity contribution >= 4 is 9.84 Å². The fourth-order valence-electron chi connectivity index (χ4n) is 3.74. The van der Waals surface area contributed by atoms with Gasteiger partial charge in [0.25, 0.3) is 0 Å². The fourth-order valence-corrected chi connectivity index (χ4v) is 6.56. The van der Waals surface area contributed by atoms with E-state index in [1.54, 1.807) is 0 Å². The van der Waals surface area contributed by atoms with Gasteiger partial charge in [0.05, 0.1) is 10.5 Å². The van der Waals surface area contributed by atoms with E-state index in [4.69, 9.17) is 0 Å². The molecule has 0 radical (unpaired) electrons. The van der Waals surface area contributed by atoms with E-state index in [-0.39, 0.29) is 16.5 Å². The van der Waals surface area contributed by atoms with Gasteiger partial charge in [0.15, 0.2) is 9.84 Å². The lowest BCUT2D eigenvalue weighted by atomic mass is 9.90. The monoisotopic (exact) mass is 273 g/mol. The molecule has 0 aromatic carbocycles. The van der Waals surface area contributed by atoms with Crippen molar-refractivity contribution in [2.24, 2.45) is 5.92 Å². The van der Waals surface area contributed by atoms with Crippen LogP contribution in [0.25, 0.3) is 0 Å². The predicted octanol–water partition coefficient (Wildman–Crippen LogP) is 2.51. The van der Waals surface area contributed by atoms with Crippen LogP contribution in [0.15, 0.2) is 0 Å². The van der Waals surface area contributed by atoms with Crippen molar-refractivity contribution in [1.82, 2.24) is 5.32 Å². The van der Waals surface area contributed by atoms with E-state index in [9.17, 15) is 8.42 Å². The summed E-state index contributed by atoms with van der Waals surface area (Å²) in [6.45, 7) is 2.19. The van der Waals surface area contributed by atoms with E-state index in [0.717, 1.165) is 38.5 Å². The number of hydrogen-bond donors (Lipinski definition) is 1. The van der Waals surface area contributed by atoms with Gasteiger partial charge in [0.1, 0.15) is 0 Å². The van der Waals surface area contributed by atoms with Crippen LogP contribution in [0, 0.1) is 5.92 Å². The zero-order valence-electron chi connectivity index (χ0n) is 11.7. The molecule has 2 rings (SSSR count). The Hall–Kier alpha value is -0.0900. The van der Waals surface area contributed by atoms with Crippen LogP contribution in [0.2, 0.25) is 0 Å². The maximum absolute atomic E-state index is 12.8. The van der Waals surface area contributed by atoms with Gasteiger partial charge < -0.3 is 5.32 Å². The molecule has 2 aliphatic carbocycles. The molecule has 2 fully saturated rings. The van der Waals surface area contributed by atoms with Crippen molar-refractivity contribution in [3.8, 4) is 0 Å². The SMILES string of the molecule is CNC1CCCCC1S(=O)(=O)C1CCCC(C)C1. The molecule has 4 atom stereocenters. The number of sulfone groups is 1. The third-order valence-electron chi connectivity index (χ3n) is 4.85. The Morgan fingerprint density at radius 2 is 1.72 bits per heavy atom. The second-order valence-corrected chi connectivity index (χ2v) is 8.65. The average Bonchev–Trinajstić information content (AvgIpc) is 2.38. The molecule has 0 heterocycles. The Kier molecular flexibility index (Phi) is 4.70. The van der Waals surface area contributed by atoms with E-state index in [1.807, 2.05) is 7.05 Å². The van der Waals surface area contributed by atoms with Crippen LogP contribution in [0.1, 0.15) is 58.3 Å². The van der Waals surface area contributed by atoms with Crippen LogP contribution in [0.5, 0.6) is 0 Å². The van der Waals surface area contributed by atoms with Gasteiger partial charge in [-0.2, -0.15) is 0 Å². The molecule has 0 aromatic heterocycles. The Balaban J connectivity index is 2.13. The smallest absolute Gasteiger partial charge is 0.157 e. The molecule has 1 N–H and O–H groups in total. The molecule has 106 valence electrons. The highest BCUT2D eigenvalue weighted by Gasteiger charge is 2.40. The molecule has 0 saturated heterocycles. The van der Waals surface area contributed by atoms with Crippen molar-refractivity contribution in [2.45, 2.75) is 74.8 Å². The number of rotatable bonds is 3. The van der Waals surface area contributed by atoms with Crippen molar-refractivity contribution in [2.75, 3.05) is 7.05 Å². The lowest BCUT2D eigenvalue weighted by molar-refractivity contribution is 0.359. The van der Waals surface area contributed by atoms with Crippen molar-refractivity contribution < 1.29 is 8.42 Å². The Labute approximate surface area is 112 Å². The minimum Gasteiger partial charge on any atom is -0.316 e. The van der Waals surface area contributed by atoms with E-state index in [1.165, 1.54) is 12.8 Å². The first kappa shape index (κ1) is 14.3. The summed E-state index contributed by atoms with van der Waals surface area (Å²) in [6.07, 6.45) is 8.17.